The third kappa shape index (κ3) is 4.83. The van der Waals surface area contributed by atoms with Gasteiger partial charge in [-0.05, 0) is 32.4 Å². The fourth-order valence-electron chi connectivity index (χ4n) is 2.14. The van der Waals surface area contributed by atoms with Gasteiger partial charge in [-0.3, -0.25) is 0 Å². The Bertz CT molecular complexity index is 410. The maximum atomic E-state index is 5.40. The van der Waals surface area contributed by atoms with Gasteiger partial charge in [-0.2, -0.15) is 11.8 Å². The maximum absolute atomic E-state index is 5.40. The zero-order valence-electron chi connectivity index (χ0n) is 12.3. The van der Waals surface area contributed by atoms with E-state index in [2.05, 4.69) is 27.5 Å². The van der Waals surface area contributed by atoms with Crippen LogP contribution in [0.15, 0.2) is 6.07 Å². The van der Waals surface area contributed by atoms with E-state index in [1.54, 1.807) is 0 Å². The maximum Gasteiger partial charge on any atom is 0.158 e. The summed E-state index contributed by atoms with van der Waals surface area (Å²) in [6.45, 7) is 7.00. The fourth-order valence-corrected chi connectivity index (χ4v) is 3.34. The summed E-state index contributed by atoms with van der Waals surface area (Å²) >= 11 is 2.05. The fraction of sp³-hybridized carbons (Fsp3) is 0.714. The molecule has 2 rings (SSSR count). The lowest BCUT2D eigenvalue weighted by Gasteiger charge is -2.13. The number of nitrogens with zero attached hydrogens (tertiary/aromatic N) is 2. The molecule has 1 fully saturated rings. The van der Waals surface area contributed by atoms with E-state index in [9.17, 15) is 0 Å². The lowest BCUT2D eigenvalue weighted by Crippen LogP contribution is -2.16. The first-order valence-corrected chi connectivity index (χ1v) is 8.41. The molecule has 5 nitrogen and oxygen atoms in total. The molecule has 0 bridgehead atoms. The molecule has 1 atom stereocenters. The van der Waals surface area contributed by atoms with Gasteiger partial charge in [0.05, 0.1) is 0 Å². The van der Waals surface area contributed by atoms with Crippen LogP contribution in [-0.4, -0.2) is 40.7 Å². The molecule has 1 unspecified atom stereocenters. The number of hydrogen-bond donors (Lipinski definition) is 2. The van der Waals surface area contributed by atoms with Crippen LogP contribution in [0.25, 0.3) is 0 Å². The van der Waals surface area contributed by atoms with Gasteiger partial charge in [0.25, 0.3) is 0 Å². The third-order valence-electron chi connectivity index (χ3n) is 3.10. The van der Waals surface area contributed by atoms with Crippen molar-refractivity contribution in [1.82, 2.24) is 9.97 Å². The highest BCUT2D eigenvalue weighted by molar-refractivity contribution is 8.00. The summed E-state index contributed by atoms with van der Waals surface area (Å²) < 4.78 is 5.40. The summed E-state index contributed by atoms with van der Waals surface area (Å²) in [6.07, 6.45) is 2.63. The normalized spacial score (nSPS) is 18.2. The van der Waals surface area contributed by atoms with E-state index >= 15 is 0 Å². The standard InChI is InChI=1S/C14H24N4OS/c1-3-15-12-8-13(16-9-11-6-5-7-20-11)18-14(17-12)10-19-4-2/h8,11H,3-7,9-10H2,1-2H3,(H2,15,16,17,18). The molecule has 6 heteroatoms. The van der Waals surface area contributed by atoms with E-state index in [-0.39, 0.29) is 0 Å². The van der Waals surface area contributed by atoms with Gasteiger partial charge in [0, 0.05) is 31.0 Å². The molecule has 1 aliphatic heterocycles. The molecule has 1 aliphatic rings. The Kier molecular flexibility index (Phi) is 6.39. The van der Waals surface area contributed by atoms with Crippen molar-refractivity contribution < 1.29 is 4.74 Å². The summed E-state index contributed by atoms with van der Waals surface area (Å²) in [5, 5.41) is 7.39. The summed E-state index contributed by atoms with van der Waals surface area (Å²) in [5.41, 5.74) is 0. The number of anilines is 2. The van der Waals surface area contributed by atoms with Crippen molar-refractivity contribution in [3.8, 4) is 0 Å². The largest absolute Gasteiger partial charge is 0.374 e. The van der Waals surface area contributed by atoms with E-state index in [0.717, 1.165) is 30.5 Å². The summed E-state index contributed by atoms with van der Waals surface area (Å²) in [7, 11) is 0. The van der Waals surface area contributed by atoms with Crippen molar-refractivity contribution >= 4 is 23.4 Å². The van der Waals surface area contributed by atoms with Crippen LogP contribution in [0.3, 0.4) is 0 Å². The van der Waals surface area contributed by atoms with Crippen LogP contribution in [-0.2, 0) is 11.3 Å². The predicted octanol–water partition coefficient (Wildman–Crippen LogP) is 2.75. The van der Waals surface area contributed by atoms with E-state index < -0.39 is 0 Å². The Balaban J connectivity index is 1.98. The van der Waals surface area contributed by atoms with Gasteiger partial charge in [0.2, 0.25) is 0 Å². The first-order valence-electron chi connectivity index (χ1n) is 7.36. The number of hydrogen-bond acceptors (Lipinski definition) is 6. The quantitative estimate of drug-likeness (QED) is 0.769. The molecule has 0 amide bonds. The molecule has 2 heterocycles. The summed E-state index contributed by atoms with van der Waals surface area (Å²) in [4.78, 5) is 8.97. The van der Waals surface area contributed by atoms with Crippen molar-refractivity contribution in [2.45, 2.75) is 38.5 Å². The van der Waals surface area contributed by atoms with E-state index in [1.807, 2.05) is 24.8 Å². The number of aromatic nitrogens is 2. The zero-order valence-corrected chi connectivity index (χ0v) is 13.1. The summed E-state index contributed by atoms with van der Waals surface area (Å²) in [6, 6.07) is 1.97. The van der Waals surface area contributed by atoms with Crippen LogP contribution in [0, 0.1) is 0 Å². The minimum atomic E-state index is 0.461. The van der Waals surface area contributed by atoms with E-state index in [0.29, 0.717) is 18.5 Å². The molecule has 20 heavy (non-hydrogen) atoms. The highest BCUT2D eigenvalue weighted by Gasteiger charge is 2.15. The number of thioether (sulfide) groups is 1. The van der Waals surface area contributed by atoms with Gasteiger partial charge in [-0.15, -0.1) is 0 Å². The Labute approximate surface area is 125 Å². The van der Waals surface area contributed by atoms with Crippen LogP contribution >= 0.6 is 11.8 Å². The van der Waals surface area contributed by atoms with Crippen molar-refractivity contribution in [2.75, 3.05) is 36.1 Å². The van der Waals surface area contributed by atoms with Gasteiger partial charge in [0.15, 0.2) is 5.82 Å². The van der Waals surface area contributed by atoms with E-state index in [4.69, 9.17) is 4.74 Å². The average Bonchev–Trinajstić information content (AvgIpc) is 2.96. The minimum absolute atomic E-state index is 0.461. The lowest BCUT2D eigenvalue weighted by molar-refractivity contribution is 0.128. The molecular formula is C14H24N4OS. The second-order valence-electron chi connectivity index (χ2n) is 4.74. The van der Waals surface area contributed by atoms with Crippen molar-refractivity contribution in [1.29, 1.82) is 0 Å². The third-order valence-corrected chi connectivity index (χ3v) is 4.50. The van der Waals surface area contributed by atoms with Crippen LogP contribution in [0.4, 0.5) is 11.6 Å². The predicted molar refractivity (Wildman–Crippen MR) is 85.5 cm³/mol. The monoisotopic (exact) mass is 296 g/mol. The Morgan fingerprint density at radius 1 is 1.30 bits per heavy atom. The molecule has 0 saturated carbocycles. The molecule has 0 spiro atoms. The van der Waals surface area contributed by atoms with Crippen LogP contribution in [0.5, 0.6) is 0 Å². The molecule has 0 radical (unpaired) electrons. The van der Waals surface area contributed by atoms with Gasteiger partial charge < -0.3 is 15.4 Å². The van der Waals surface area contributed by atoms with Crippen molar-refractivity contribution in [3.63, 3.8) is 0 Å². The van der Waals surface area contributed by atoms with Crippen molar-refractivity contribution in [2.24, 2.45) is 0 Å². The molecule has 1 aromatic rings. The molecule has 1 aromatic heterocycles. The molecule has 112 valence electrons. The minimum Gasteiger partial charge on any atom is -0.374 e. The number of rotatable bonds is 8. The number of nitrogens with one attached hydrogen (secondary N) is 2. The average molecular weight is 296 g/mol. The lowest BCUT2D eigenvalue weighted by atomic mass is 10.2. The van der Waals surface area contributed by atoms with Crippen molar-refractivity contribution in [3.05, 3.63) is 11.9 Å². The molecule has 1 saturated heterocycles. The van der Waals surface area contributed by atoms with Gasteiger partial charge >= 0.3 is 0 Å². The topological polar surface area (TPSA) is 59.1 Å². The number of ether oxygens (including phenoxy) is 1. The molecule has 2 N–H and O–H groups in total. The second-order valence-corrected chi connectivity index (χ2v) is 6.15. The smallest absolute Gasteiger partial charge is 0.158 e. The second kappa shape index (κ2) is 8.32. The van der Waals surface area contributed by atoms with Gasteiger partial charge in [-0.25, -0.2) is 9.97 Å². The Morgan fingerprint density at radius 2 is 2.10 bits per heavy atom. The molecular weight excluding hydrogens is 272 g/mol. The first-order chi connectivity index (χ1) is 9.81. The van der Waals surface area contributed by atoms with Crippen LogP contribution in [0.1, 0.15) is 32.5 Å². The highest BCUT2D eigenvalue weighted by Crippen LogP contribution is 2.26. The van der Waals surface area contributed by atoms with Crippen LogP contribution < -0.4 is 10.6 Å². The molecule has 0 aromatic carbocycles. The SMILES string of the molecule is CCNc1cc(NCC2CCCS2)nc(COCC)n1. The Hall–Kier alpha value is -1.01. The molecule has 0 aliphatic carbocycles. The zero-order chi connectivity index (χ0) is 14.2. The summed E-state index contributed by atoms with van der Waals surface area (Å²) in [5.74, 6) is 3.76. The van der Waals surface area contributed by atoms with E-state index in [1.165, 1.54) is 18.6 Å². The van der Waals surface area contributed by atoms with Crippen LogP contribution in [0.2, 0.25) is 0 Å². The highest BCUT2D eigenvalue weighted by atomic mass is 32.2. The van der Waals surface area contributed by atoms with Gasteiger partial charge in [0.1, 0.15) is 18.2 Å². The Morgan fingerprint density at radius 3 is 2.75 bits per heavy atom. The van der Waals surface area contributed by atoms with Gasteiger partial charge in [-0.1, -0.05) is 0 Å². The first kappa shape index (κ1) is 15.4.